The Hall–Kier alpha value is -4.75. The number of aromatic nitrogens is 2. The Balaban J connectivity index is 1.51. The molecule has 5 rings (SSSR count). The van der Waals surface area contributed by atoms with E-state index in [1.807, 2.05) is 54.6 Å². The molecule has 1 aromatic heterocycles. The standard InChI is InChI=1S/C32H28ClN5O2/c1-21(2)38(26-16-14-25(33)15-17-26)20-22-13-18-28-27(19-22)29(35-30(39)23-9-5-3-6-10-23)36-32(34-28)37-31(40)24-11-7-4-8-12-24/h3-19,21H,20H2,1-2H3,(H2,34,35,36,37,39,40). The lowest BCUT2D eigenvalue weighted by Gasteiger charge is -2.29. The van der Waals surface area contributed by atoms with Gasteiger partial charge in [0.05, 0.1) is 5.52 Å². The first-order chi connectivity index (χ1) is 19.4. The molecule has 0 saturated carbocycles. The molecule has 8 heteroatoms. The Morgan fingerprint density at radius 1 is 0.775 bits per heavy atom. The molecule has 200 valence electrons. The van der Waals surface area contributed by atoms with Crippen molar-refractivity contribution in [1.29, 1.82) is 0 Å². The number of hydrogen-bond acceptors (Lipinski definition) is 5. The molecule has 1 heterocycles. The van der Waals surface area contributed by atoms with Crippen LogP contribution in [0.15, 0.2) is 103 Å². The smallest absolute Gasteiger partial charge is 0.258 e. The fourth-order valence-electron chi connectivity index (χ4n) is 4.36. The maximum Gasteiger partial charge on any atom is 0.258 e. The van der Waals surface area contributed by atoms with Gasteiger partial charge in [0.15, 0.2) is 0 Å². The molecule has 2 amide bonds. The highest BCUT2D eigenvalue weighted by atomic mass is 35.5. The third-order valence-corrected chi connectivity index (χ3v) is 6.68. The molecule has 0 aliphatic carbocycles. The van der Waals surface area contributed by atoms with Gasteiger partial charge < -0.3 is 10.2 Å². The van der Waals surface area contributed by atoms with Crippen molar-refractivity contribution in [3.8, 4) is 0 Å². The molecule has 2 N–H and O–H groups in total. The van der Waals surface area contributed by atoms with Crippen molar-refractivity contribution >= 4 is 51.8 Å². The third kappa shape index (κ3) is 6.27. The molecule has 0 spiro atoms. The second-order valence-corrected chi connectivity index (χ2v) is 10.0. The van der Waals surface area contributed by atoms with Gasteiger partial charge in [0.25, 0.3) is 11.8 Å². The zero-order valence-corrected chi connectivity index (χ0v) is 22.9. The van der Waals surface area contributed by atoms with Crippen molar-refractivity contribution in [1.82, 2.24) is 9.97 Å². The lowest BCUT2D eigenvalue weighted by molar-refractivity contribution is 0.101. The average molecular weight is 550 g/mol. The third-order valence-electron chi connectivity index (χ3n) is 6.42. The summed E-state index contributed by atoms with van der Waals surface area (Å²) in [5, 5.41) is 7.04. The normalized spacial score (nSPS) is 10.9. The molecule has 4 aromatic carbocycles. The Labute approximate surface area is 237 Å². The van der Waals surface area contributed by atoms with E-state index in [9.17, 15) is 9.59 Å². The number of hydrogen-bond donors (Lipinski definition) is 2. The van der Waals surface area contributed by atoms with Crippen LogP contribution < -0.4 is 15.5 Å². The second kappa shape index (κ2) is 12.0. The predicted molar refractivity (Wildman–Crippen MR) is 161 cm³/mol. The van der Waals surface area contributed by atoms with Crippen molar-refractivity contribution in [3.05, 3.63) is 125 Å². The molecule has 0 atom stereocenters. The zero-order chi connectivity index (χ0) is 28.1. The van der Waals surface area contributed by atoms with Crippen LogP contribution >= 0.6 is 11.6 Å². The van der Waals surface area contributed by atoms with Crippen LogP contribution in [0.3, 0.4) is 0 Å². The maximum atomic E-state index is 13.1. The van der Waals surface area contributed by atoms with Crippen molar-refractivity contribution in [2.75, 3.05) is 15.5 Å². The largest absolute Gasteiger partial charge is 0.365 e. The van der Waals surface area contributed by atoms with Gasteiger partial charge in [-0.25, -0.2) is 4.98 Å². The minimum absolute atomic E-state index is 0.0995. The van der Waals surface area contributed by atoms with Gasteiger partial charge in [-0.15, -0.1) is 0 Å². The Morgan fingerprint density at radius 2 is 1.38 bits per heavy atom. The molecule has 0 fully saturated rings. The van der Waals surface area contributed by atoms with Gasteiger partial charge in [-0.3, -0.25) is 14.9 Å². The maximum absolute atomic E-state index is 13.1. The number of amides is 2. The number of halogens is 1. The number of carbonyl (C=O) groups excluding carboxylic acids is 2. The Bertz CT molecular complexity index is 1640. The number of nitrogens with zero attached hydrogens (tertiary/aromatic N) is 3. The summed E-state index contributed by atoms with van der Waals surface area (Å²) in [4.78, 5) is 37.3. The summed E-state index contributed by atoms with van der Waals surface area (Å²) in [6.07, 6.45) is 0. The number of rotatable bonds is 8. The molecule has 0 aliphatic rings. The predicted octanol–water partition coefficient (Wildman–Crippen LogP) is 7.20. The van der Waals surface area contributed by atoms with E-state index < -0.39 is 0 Å². The SMILES string of the molecule is CC(C)N(Cc1ccc2nc(NC(=O)c3ccccc3)nc(NC(=O)c3ccccc3)c2c1)c1ccc(Cl)cc1. The van der Waals surface area contributed by atoms with Crippen molar-refractivity contribution in [2.24, 2.45) is 0 Å². The summed E-state index contributed by atoms with van der Waals surface area (Å²) in [6.45, 7) is 4.88. The van der Waals surface area contributed by atoms with Gasteiger partial charge in [-0.05, 0) is 80.1 Å². The van der Waals surface area contributed by atoms with Crippen LogP contribution in [0.2, 0.25) is 5.02 Å². The van der Waals surface area contributed by atoms with E-state index in [0.717, 1.165) is 11.3 Å². The highest BCUT2D eigenvalue weighted by molar-refractivity contribution is 6.30. The van der Waals surface area contributed by atoms with Crippen LogP contribution in [0.1, 0.15) is 40.1 Å². The minimum atomic E-state index is -0.340. The van der Waals surface area contributed by atoms with Crippen LogP contribution in [-0.4, -0.2) is 27.8 Å². The molecule has 40 heavy (non-hydrogen) atoms. The van der Waals surface area contributed by atoms with E-state index in [1.54, 1.807) is 48.5 Å². The van der Waals surface area contributed by atoms with Gasteiger partial charge in [-0.2, -0.15) is 4.98 Å². The highest BCUT2D eigenvalue weighted by Gasteiger charge is 2.17. The van der Waals surface area contributed by atoms with E-state index in [1.165, 1.54) is 0 Å². The lowest BCUT2D eigenvalue weighted by Crippen LogP contribution is -2.30. The fraction of sp³-hybridized carbons (Fsp3) is 0.125. The van der Waals surface area contributed by atoms with Crippen LogP contribution in [0.5, 0.6) is 0 Å². The number of carbonyl (C=O) groups is 2. The van der Waals surface area contributed by atoms with Crippen molar-refractivity contribution in [2.45, 2.75) is 26.4 Å². The minimum Gasteiger partial charge on any atom is -0.365 e. The van der Waals surface area contributed by atoms with E-state index in [2.05, 4.69) is 39.3 Å². The van der Waals surface area contributed by atoms with Gasteiger partial charge in [-0.1, -0.05) is 54.1 Å². The van der Waals surface area contributed by atoms with E-state index in [-0.39, 0.29) is 23.8 Å². The zero-order valence-electron chi connectivity index (χ0n) is 22.1. The molecule has 0 bridgehead atoms. The topological polar surface area (TPSA) is 87.2 Å². The van der Waals surface area contributed by atoms with E-state index >= 15 is 0 Å². The van der Waals surface area contributed by atoms with Crippen LogP contribution in [0.4, 0.5) is 17.5 Å². The molecule has 0 radical (unpaired) electrons. The summed E-state index contributed by atoms with van der Waals surface area (Å²) in [7, 11) is 0. The van der Waals surface area contributed by atoms with E-state index in [4.69, 9.17) is 11.6 Å². The molecular formula is C32H28ClN5O2. The van der Waals surface area contributed by atoms with Crippen molar-refractivity contribution < 1.29 is 9.59 Å². The molecule has 7 nitrogen and oxygen atoms in total. The summed E-state index contributed by atoms with van der Waals surface area (Å²) in [6, 6.07) is 31.6. The highest BCUT2D eigenvalue weighted by Crippen LogP contribution is 2.27. The first-order valence-electron chi connectivity index (χ1n) is 12.9. The number of fused-ring (bicyclic) bond motifs is 1. The molecule has 5 aromatic rings. The Morgan fingerprint density at radius 3 is 1.98 bits per heavy atom. The van der Waals surface area contributed by atoms with Gasteiger partial charge in [0.1, 0.15) is 5.82 Å². The van der Waals surface area contributed by atoms with Gasteiger partial charge >= 0.3 is 0 Å². The Kier molecular flexibility index (Phi) is 8.03. The molecule has 0 saturated heterocycles. The first kappa shape index (κ1) is 26.8. The lowest BCUT2D eigenvalue weighted by atomic mass is 10.1. The van der Waals surface area contributed by atoms with Crippen LogP contribution in [0.25, 0.3) is 10.9 Å². The van der Waals surface area contributed by atoms with Crippen LogP contribution in [-0.2, 0) is 6.54 Å². The quantitative estimate of drug-likeness (QED) is 0.214. The fourth-order valence-corrected chi connectivity index (χ4v) is 4.48. The molecule has 0 unspecified atom stereocenters. The number of anilines is 3. The summed E-state index contributed by atoms with van der Waals surface area (Å²) >= 11 is 6.11. The van der Waals surface area contributed by atoms with Crippen molar-refractivity contribution in [3.63, 3.8) is 0 Å². The van der Waals surface area contributed by atoms with Crippen LogP contribution in [0, 0.1) is 0 Å². The summed E-state index contributed by atoms with van der Waals surface area (Å²) < 4.78 is 0. The van der Waals surface area contributed by atoms with E-state index in [0.29, 0.717) is 39.4 Å². The summed E-state index contributed by atoms with van der Waals surface area (Å²) in [5.41, 5.74) is 3.62. The van der Waals surface area contributed by atoms with Gasteiger partial charge in [0, 0.05) is 39.8 Å². The summed E-state index contributed by atoms with van der Waals surface area (Å²) in [5.74, 6) is -0.238. The second-order valence-electron chi connectivity index (χ2n) is 9.59. The monoisotopic (exact) mass is 549 g/mol. The molecular weight excluding hydrogens is 522 g/mol. The number of nitrogens with one attached hydrogen (secondary N) is 2. The average Bonchev–Trinajstić information content (AvgIpc) is 2.97. The number of benzene rings is 4. The first-order valence-corrected chi connectivity index (χ1v) is 13.3. The van der Waals surface area contributed by atoms with Gasteiger partial charge in [0.2, 0.25) is 5.95 Å². The molecule has 0 aliphatic heterocycles.